The second-order valence-corrected chi connectivity index (χ2v) is 16.3. The van der Waals surface area contributed by atoms with Crippen LogP contribution in [0.2, 0.25) is 0 Å². The van der Waals surface area contributed by atoms with E-state index in [1.54, 1.807) is 0 Å². The molecule has 0 amide bonds. The average molecular weight is 795 g/mol. The zero-order valence-electron chi connectivity index (χ0n) is 33.8. The van der Waals surface area contributed by atoms with E-state index in [1.807, 2.05) is 12.1 Å². The molecule has 0 saturated heterocycles. The number of rotatable bonds is 6. The second-order valence-electron chi connectivity index (χ2n) is 16.3. The van der Waals surface area contributed by atoms with Gasteiger partial charge in [0.2, 0.25) is 0 Å². The van der Waals surface area contributed by atoms with E-state index in [2.05, 4.69) is 204 Å². The number of hydrogen-bond acceptors (Lipinski definition) is 3. The van der Waals surface area contributed by atoms with E-state index in [4.69, 9.17) is 8.83 Å². The number of allylic oxidation sites excluding steroid dienone is 1. The molecule has 3 aromatic heterocycles. The van der Waals surface area contributed by atoms with Gasteiger partial charge in [0.25, 0.3) is 0 Å². The van der Waals surface area contributed by atoms with Crippen LogP contribution in [0.1, 0.15) is 17.5 Å². The molecule has 0 radical (unpaired) electrons. The lowest BCUT2D eigenvalue weighted by Crippen LogP contribution is -2.12. The maximum Gasteiger partial charge on any atom is 0.143 e. The Morgan fingerprint density at radius 1 is 0.452 bits per heavy atom. The number of aryl methyl sites for hydroxylation is 1. The molecule has 4 nitrogen and oxygen atoms in total. The number of aromatic nitrogens is 1. The number of hydrogen-bond donors (Lipinski definition) is 0. The van der Waals surface area contributed by atoms with Gasteiger partial charge >= 0.3 is 0 Å². The summed E-state index contributed by atoms with van der Waals surface area (Å²) >= 11 is 0. The molecular formula is C58H38N2O2. The fourth-order valence-electron chi connectivity index (χ4n) is 10.0. The average Bonchev–Trinajstić information content (AvgIpc) is 4.01. The van der Waals surface area contributed by atoms with Gasteiger partial charge in [-0.2, -0.15) is 0 Å². The van der Waals surface area contributed by atoms with Gasteiger partial charge < -0.3 is 18.3 Å². The van der Waals surface area contributed by atoms with Gasteiger partial charge in [-0.3, -0.25) is 0 Å². The smallest absolute Gasteiger partial charge is 0.143 e. The summed E-state index contributed by atoms with van der Waals surface area (Å²) in [5.41, 5.74) is 17.2. The molecule has 12 aromatic rings. The molecule has 3 heterocycles. The third kappa shape index (κ3) is 5.33. The minimum atomic E-state index is 0.890. The quantitative estimate of drug-likeness (QED) is 0.168. The fraction of sp³-hybridized carbons (Fsp3) is 0.0345. The van der Waals surface area contributed by atoms with Gasteiger partial charge in [-0.1, -0.05) is 133 Å². The summed E-state index contributed by atoms with van der Waals surface area (Å²) in [5, 5.41) is 7.03. The topological polar surface area (TPSA) is 34.5 Å². The van der Waals surface area contributed by atoms with E-state index in [-0.39, 0.29) is 0 Å². The van der Waals surface area contributed by atoms with Crippen LogP contribution in [-0.2, 0) is 6.42 Å². The van der Waals surface area contributed by atoms with Crippen molar-refractivity contribution in [2.24, 2.45) is 0 Å². The van der Waals surface area contributed by atoms with Crippen LogP contribution in [-0.4, -0.2) is 4.57 Å². The highest BCUT2D eigenvalue weighted by Crippen LogP contribution is 2.46. The van der Waals surface area contributed by atoms with Crippen LogP contribution >= 0.6 is 0 Å². The van der Waals surface area contributed by atoms with E-state index in [0.717, 1.165) is 96.3 Å². The van der Waals surface area contributed by atoms with Crippen LogP contribution in [0, 0.1) is 0 Å². The Hall–Kier alpha value is -8.08. The van der Waals surface area contributed by atoms with E-state index >= 15 is 0 Å². The van der Waals surface area contributed by atoms with Crippen LogP contribution in [0.25, 0.3) is 99.7 Å². The first kappa shape index (κ1) is 34.8. The third-order valence-corrected chi connectivity index (χ3v) is 12.8. The van der Waals surface area contributed by atoms with E-state index in [9.17, 15) is 0 Å². The Kier molecular flexibility index (Phi) is 7.70. The summed E-state index contributed by atoms with van der Waals surface area (Å²) in [6.07, 6.45) is 6.61. The lowest BCUT2D eigenvalue weighted by Gasteiger charge is -2.28. The predicted molar refractivity (Wildman–Crippen MR) is 258 cm³/mol. The molecule has 0 saturated carbocycles. The highest BCUT2D eigenvalue weighted by Gasteiger charge is 2.23. The van der Waals surface area contributed by atoms with Crippen LogP contribution < -0.4 is 4.90 Å². The normalized spacial score (nSPS) is 12.6. The molecule has 0 atom stereocenters. The molecule has 0 N–H and O–H groups in total. The first-order valence-electron chi connectivity index (χ1n) is 21.4. The second kappa shape index (κ2) is 13.7. The van der Waals surface area contributed by atoms with Crippen LogP contribution in [0.5, 0.6) is 0 Å². The number of furan rings is 2. The van der Waals surface area contributed by atoms with E-state index in [1.165, 1.54) is 38.3 Å². The Balaban J connectivity index is 1.02. The molecule has 4 heteroatoms. The Bertz CT molecular complexity index is 3710. The number of para-hydroxylation sites is 5. The highest BCUT2D eigenvalue weighted by atomic mass is 16.3. The van der Waals surface area contributed by atoms with Gasteiger partial charge in [0.1, 0.15) is 22.3 Å². The number of fused-ring (bicyclic) bond motifs is 10. The van der Waals surface area contributed by atoms with Gasteiger partial charge in [0.15, 0.2) is 0 Å². The third-order valence-electron chi connectivity index (χ3n) is 12.8. The van der Waals surface area contributed by atoms with Crippen molar-refractivity contribution < 1.29 is 8.83 Å². The monoisotopic (exact) mass is 794 g/mol. The molecule has 9 aromatic carbocycles. The molecule has 0 unspecified atom stereocenters. The summed E-state index contributed by atoms with van der Waals surface area (Å²) in [7, 11) is 0. The Morgan fingerprint density at radius 2 is 1.13 bits per heavy atom. The van der Waals surface area contributed by atoms with Gasteiger partial charge in [-0.15, -0.1) is 0 Å². The Labute approximate surface area is 357 Å². The molecule has 0 spiro atoms. The summed E-state index contributed by atoms with van der Waals surface area (Å²) < 4.78 is 15.5. The maximum absolute atomic E-state index is 6.86. The van der Waals surface area contributed by atoms with Gasteiger partial charge in [-0.25, -0.2) is 0 Å². The van der Waals surface area contributed by atoms with E-state index in [0.29, 0.717) is 0 Å². The first-order valence-corrected chi connectivity index (χ1v) is 21.4. The molecular weight excluding hydrogens is 757 g/mol. The zero-order chi connectivity index (χ0) is 40.7. The van der Waals surface area contributed by atoms with Crippen molar-refractivity contribution in [1.29, 1.82) is 0 Å². The molecule has 0 aliphatic heterocycles. The van der Waals surface area contributed by atoms with Crippen LogP contribution in [0.4, 0.5) is 17.1 Å². The van der Waals surface area contributed by atoms with Crippen LogP contribution in [0.15, 0.2) is 209 Å². The fourth-order valence-corrected chi connectivity index (χ4v) is 10.0. The first-order chi connectivity index (χ1) is 30.7. The molecule has 0 bridgehead atoms. The van der Waals surface area contributed by atoms with Gasteiger partial charge in [0, 0.05) is 60.5 Å². The van der Waals surface area contributed by atoms with Crippen LogP contribution in [0.3, 0.4) is 0 Å². The zero-order valence-corrected chi connectivity index (χ0v) is 33.8. The summed E-state index contributed by atoms with van der Waals surface area (Å²) in [6.45, 7) is 0. The minimum Gasteiger partial charge on any atom is -0.456 e. The Morgan fingerprint density at radius 3 is 1.98 bits per heavy atom. The molecule has 0 fully saturated rings. The van der Waals surface area contributed by atoms with Crippen molar-refractivity contribution in [3.8, 4) is 27.9 Å². The van der Waals surface area contributed by atoms with Crippen molar-refractivity contribution in [3.05, 3.63) is 211 Å². The molecule has 62 heavy (non-hydrogen) atoms. The van der Waals surface area contributed by atoms with Crippen molar-refractivity contribution >= 4 is 88.8 Å². The summed E-state index contributed by atoms with van der Waals surface area (Å²) in [5.74, 6) is 0. The minimum absolute atomic E-state index is 0.890. The molecule has 1 aliphatic carbocycles. The van der Waals surface area contributed by atoms with Crippen molar-refractivity contribution in [2.45, 2.75) is 12.8 Å². The standard InChI is InChI=1S/C58H38N2O2/c1-2-15-39-35-56-50(34-38(39)14-1)48-24-12-23-47(58(48)62-56)46-20-5-7-25-51(46)59(40-32-30-37(31-33-40)43-22-13-29-55-57(43)49-21-6-10-28-54(49)61-55)41-16-11-17-42(36-41)60-52-26-8-3-18-44(52)45-19-4-9-27-53(45)60/h2-13,15-36H,1,14H2. The van der Waals surface area contributed by atoms with Gasteiger partial charge in [-0.05, 0) is 108 Å². The van der Waals surface area contributed by atoms with Crippen molar-refractivity contribution in [1.82, 2.24) is 4.57 Å². The molecule has 292 valence electrons. The number of anilines is 3. The maximum atomic E-state index is 6.86. The molecule has 1 aliphatic rings. The van der Waals surface area contributed by atoms with Gasteiger partial charge in [0.05, 0.1) is 16.7 Å². The SMILES string of the molecule is C1=Cc2cc3oc4c(-c5ccccc5N(c5ccc(-c6cccc7oc8ccccc8c67)cc5)c5cccc(-n6c7ccccc7c7ccccc76)c5)cccc4c3cc2CC1. The lowest BCUT2D eigenvalue weighted by molar-refractivity contribution is 0.669. The highest BCUT2D eigenvalue weighted by molar-refractivity contribution is 6.14. The lowest BCUT2D eigenvalue weighted by atomic mass is 9.94. The number of nitrogens with zero attached hydrogens (tertiary/aromatic N) is 2. The van der Waals surface area contributed by atoms with Crippen molar-refractivity contribution in [2.75, 3.05) is 4.90 Å². The predicted octanol–water partition coefficient (Wildman–Crippen LogP) is 16.3. The largest absolute Gasteiger partial charge is 0.456 e. The summed E-state index contributed by atoms with van der Waals surface area (Å²) in [6, 6.07) is 69.8. The van der Waals surface area contributed by atoms with Crippen molar-refractivity contribution in [3.63, 3.8) is 0 Å². The number of benzene rings is 9. The molecule has 13 rings (SSSR count). The van der Waals surface area contributed by atoms with E-state index < -0.39 is 0 Å². The summed E-state index contributed by atoms with van der Waals surface area (Å²) in [4.78, 5) is 2.40.